The molecule has 0 heterocycles. The number of carbonyl (C=O) groups excluding carboxylic acids is 3. The maximum absolute atomic E-state index is 11.9. The molecule has 0 fully saturated rings. The van der Waals surface area contributed by atoms with Crippen LogP contribution < -0.4 is 5.32 Å². The second kappa shape index (κ2) is 10.8. The smallest absolute Gasteiger partial charge is 0.331 e. The van der Waals surface area contributed by atoms with E-state index in [1.807, 2.05) is 13.8 Å². The molecule has 0 unspecified atom stereocenters. The van der Waals surface area contributed by atoms with Crippen molar-refractivity contribution in [2.24, 2.45) is 5.92 Å². The highest BCUT2D eigenvalue weighted by atomic mass is 35.5. The Bertz CT molecular complexity index is 690. The standard InChI is InChI=1S/C18H21Cl2NO5/c1-4-11(2)17(18(24)25-3)21-15(22)10-26-16(23)8-6-12-5-7-13(19)14(20)9-12/h5-9,11,17H,4,10H2,1-3H3,(H,21,22)/b8-6+/t11-,17-/m0/s1. The van der Waals surface area contributed by atoms with Gasteiger partial charge in [-0.3, -0.25) is 4.79 Å². The second-order valence-corrected chi connectivity index (χ2v) is 6.38. The number of amides is 1. The minimum absolute atomic E-state index is 0.114. The number of nitrogens with one attached hydrogen (secondary N) is 1. The van der Waals surface area contributed by atoms with Crippen molar-refractivity contribution in [1.29, 1.82) is 0 Å². The van der Waals surface area contributed by atoms with Gasteiger partial charge in [0.2, 0.25) is 0 Å². The number of hydrogen-bond donors (Lipinski definition) is 1. The zero-order valence-electron chi connectivity index (χ0n) is 14.8. The summed E-state index contributed by atoms with van der Waals surface area (Å²) in [5, 5.41) is 3.28. The summed E-state index contributed by atoms with van der Waals surface area (Å²) in [5.74, 6) is -1.95. The molecule has 0 aliphatic heterocycles. The topological polar surface area (TPSA) is 81.7 Å². The fraction of sp³-hybridized carbons (Fsp3) is 0.389. The number of benzene rings is 1. The first-order valence-electron chi connectivity index (χ1n) is 7.95. The molecular formula is C18H21Cl2NO5. The van der Waals surface area contributed by atoms with Gasteiger partial charge in [0, 0.05) is 6.08 Å². The molecule has 0 saturated carbocycles. The lowest BCUT2D eigenvalue weighted by Gasteiger charge is -2.21. The molecule has 0 bridgehead atoms. The van der Waals surface area contributed by atoms with E-state index in [2.05, 4.69) is 10.1 Å². The molecule has 0 saturated heterocycles. The first-order chi connectivity index (χ1) is 12.3. The number of hydrogen-bond acceptors (Lipinski definition) is 5. The summed E-state index contributed by atoms with van der Waals surface area (Å²) in [6.07, 6.45) is 3.32. The van der Waals surface area contributed by atoms with Gasteiger partial charge in [-0.1, -0.05) is 49.5 Å². The summed E-state index contributed by atoms with van der Waals surface area (Å²) in [4.78, 5) is 35.3. The van der Waals surface area contributed by atoms with E-state index >= 15 is 0 Å². The molecule has 0 aliphatic carbocycles. The predicted octanol–water partition coefficient (Wildman–Crippen LogP) is 3.25. The number of halogens is 2. The van der Waals surface area contributed by atoms with Crippen LogP contribution in [0.5, 0.6) is 0 Å². The third kappa shape index (κ3) is 7.06. The molecule has 142 valence electrons. The molecule has 6 nitrogen and oxygen atoms in total. The predicted molar refractivity (Wildman–Crippen MR) is 99.9 cm³/mol. The molecule has 1 amide bonds. The van der Waals surface area contributed by atoms with Crippen LogP contribution in [0.3, 0.4) is 0 Å². The van der Waals surface area contributed by atoms with E-state index in [9.17, 15) is 14.4 Å². The van der Waals surface area contributed by atoms with Gasteiger partial charge in [0.15, 0.2) is 6.61 Å². The summed E-state index contributed by atoms with van der Waals surface area (Å²) in [6, 6.07) is 4.08. The van der Waals surface area contributed by atoms with Crippen LogP contribution in [-0.4, -0.2) is 37.6 Å². The van der Waals surface area contributed by atoms with Crippen molar-refractivity contribution < 1.29 is 23.9 Å². The van der Waals surface area contributed by atoms with Crippen molar-refractivity contribution in [3.8, 4) is 0 Å². The quantitative estimate of drug-likeness (QED) is 0.533. The Morgan fingerprint density at radius 2 is 1.92 bits per heavy atom. The molecule has 2 atom stereocenters. The normalized spacial score (nSPS) is 13.1. The Morgan fingerprint density at radius 1 is 1.23 bits per heavy atom. The van der Waals surface area contributed by atoms with Crippen LogP contribution in [0.25, 0.3) is 6.08 Å². The molecule has 0 spiro atoms. The molecule has 1 rings (SSSR count). The maximum Gasteiger partial charge on any atom is 0.331 e. The van der Waals surface area contributed by atoms with Crippen molar-refractivity contribution in [3.05, 3.63) is 39.9 Å². The van der Waals surface area contributed by atoms with Gasteiger partial charge in [-0.2, -0.15) is 0 Å². The van der Waals surface area contributed by atoms with Crippen LogP contribution in [0.1, 0.15) is 25.8 Å². The van der Waals surface area contributed by atoms with Gasteiger partial charge < -0.3 is 14.8 Å². The molecule has 1 aromatic carbocycles. The van der Waals surface area contributed by atoms with E-state index in [1.165, 1.54) is 19.3 Å². The van der Waals surface area contributed by atoms with E-state index in [0.717, 1.165) is 0 Å². The highest BCUT2D eigenvalue weighted by molar-refractivity contribution is 6.42. The Balaban J connectivity index is 2.54. The van der Waals surface area contributed by atoms with Gasteiger partial charge in [-0.25, -0.2) is 9.59 Å². The summed E-state index contributed by atoms with van der Waals surface area (Å²) in [7, 11) is 1.25. The maximum atomic E-state index is 11.9. The van der Waals surface area contributed by atoms with Crippen LogP contribution in [0.15, 0.2) is 24.3 Å². The minimum atomic E-state index is -0.789. The molecule has 1 N–H and O–H groups in total. The van der Waals surface area contributed by atoms with Gasteiger partial charge >= 0.3 is 11.9 Å². The molecule has 1 aromatic rings. The number of carbonyl (C=O) groups is 3. The van der Waals surface area contributed by atoms with E-state index in [0.29, 0.717) is 22.0 Å². The van der Waals surface area contributed by atoms with Crippen molar-refractivity contribution in [2.75, 3.05) is 13.7 Å². The average Bonchev–Trinajstić information content (AvgIpc) is 2.64. The highest BCUT2D eigenvalue weighted by Crippen LogP contribution is 2.23. The van der Waals surface area contributed by atoms with Crippen LogP contribution >= 0.6 is 23.2 Å². The van der Waals surface area contributed by atoms with Gasteiger partial charge in [0.25, 0.3) is 5.91 Å². The highest BCUT2D eigenvalue weighted by Gasteiger charge is 2.26. The lowest BCUT2D eigenvalue weighted by molar-refractivity contribution is -0.148. The summed E-state index contributed by atoms with van der Waals surface area (Å²) < 4.78 is 9.53. The van der Waals surface area contributed by atoms with Crippen LogP contribution in [0, 0.1) is 5.92 Å². The summed E-state index contributed by atoms with van der Waals surface area (Å²) in [5.41, 5.74) is 0.656. The average molecular weight is 402 g/mol. The van der Waals surface area contributed by atoms with E-state index < -0.39 is 30.5 Å². The third-order valence-corrected chi connectivity index (χ3v) is 4.42. The van der Waals surface area contributed by atoms with E-state index in [4.69, 9.17) is 27.9 Å². The third-order valence-electron chi connectivity index (χ3n) is 3.69. The molecule has 0 aromatic heterocycles. The number of ether oxygens (including phenoxy) is 2. The Labute approximate surface area is 162 Å². The van der Waals surface area contributed by atoms with Gasteiger partial charge in [-0.05, 0) is 29.7 Å². The Hall–Kier alpha value is -2.05. The SMILES string of the molecule is CC[C@H](C)[C@H](NC(=O)COC(=O)/C=C/c1ccc(Cl)c(Cl)c1)C(=O)OC. The van der Waals surface area contributed by atoms with Gasteiger partial charge in [-0.15, -0.1) is 0 Å². The van der Waals surface area contributed by atoms with Crippen molar-refractivity contribution >= 4 is 47.1 Å². The number of esters is 2. The molecular weight excluding hydrogens is 381 g/mol. The van der Waals surface area contributed by atoms with E-state index in [-0.39, 0.29) is 5.92 Å². The Kier molecular flexibility index (Phi) is 9.16. The number of rotatable bonds is 8. The van der Waals surface area contributed by atoms with Crippen molar-refractivity contribution in [3.63, 3.8) is 0 Å². The largest absolute Gasteiger partial charge is 0.467 e. The second-order valence-electron chi connectivity index (χ2n) is 5.57. The number of methoxy groups -OCH3 is 1. The summed E-state index contributed by atoms with van der Waals surface area (Å²) >= 11 is 11.7. The van der Waals surface area contributed by atoms with Crippen LogP contribution in [-0.2, 0) is 23.9 Å². The van der Waals surface area contributed by atoms with Gasteiger partial charge in [0.05, 0.1) is 17.2 Å². The van der Waals surface area contributed by atoms with Crippen LogP contribution in [0.2, 0.25) is 10.0 Å². The first-order valence-corrected chi connectivity index (χ1v) is 8.71. The minimum Gasteiger partial charge on any atom is -0.467 e. The van der Waals surface area contributed by atoms with Crippen LogP contribution in [0.4, 0.5) is 0 Å². The molecule has 0 aliphatic rings. The zero-order chi connectivity index (χ0) is 19.7. The lowest BCUT2D eigenvalue weighted by atomic mass is 9.99. The first kappa shape index (κ1) is 22.0. The molecule has 8 heteroatoms. The fourth-order valence-corrected chi connectivity index (χ4v) is 2.28. The van der Waals surface area contributed by atoms with E-state index in [1.54, 1.807) is 18.2 Å². The van der Waals surface area contributed by atoms with Crippen molar-refractivity contribution in [1.82, 2.24) is 5.32 Å². The molecule has 0 radical (unpaired) electrons. The zero-order valence-corrected chi connectivity index (χ0v) is 16.3. The fourth-order valence-electron chi connectivity index (χ4n) is 1.98. The lowest BCUT2D eigenvalue weighted by Crippen LogP contribution is -2.47. The van der Waals surface area contributed by atoms with Crippen molar-refractivity contribution in [2.45, 2.75) is 26.3 Å². The Morgan fingerprint density at radius 3 is 2.50 bits per heavy atom. The monoisotopic (exact) mass is 401 g/mol. The van der Waals surface area contributed by atoms with Gasteiger partial charge in [0.1, 0.15) is 6.04 Å². The summed E-state index contributed by atoms with van der Waals surface area (Å²) in [6.45, 7) is 3.20. The molecule has 26 heavy (non-hydrogen) atoms.